The maximum absolute atomic E-state index is 13.2. The summed E-state index contributed by atoms with van der Waals surface area (Å²) in [6, 6.07) is 8.07. The molecule has 4 rings (SSSR count). The first-order chi connectivity index (χ1) is 11.6. The normalized spacial score (nSPS) is 22.4. The van der Waals surface area contributed by atoms with E-state index in [1.165, 1.54) is 18.0 Å². The van der Waals surface area contributed by atoms with E-state index < -0.39 is 0 Å². The van der Waals surface area contributed by atoms with Crippen LogP contribution in [0.25, 0.3) is 11.3 Å². The van der Waals surface area contributed by atoms with E-state index in [-0.39, 0.29) is 17.6 Å². The lowest BCUT2D eigenvalue weighted by molar-refractivity contribution is -0.158. The molecule has 2 aliphatic rings. The van der Waals surface area contributed by atoms with Crippen LogP contribution in [0.3, 0.4) is 0 Å². The molecule has 126 valence electrons. The Labute approximate surface area is 145 Å². The van der Waals surface area contributed by atoms with Gasteiger partial charge in [0.15, 0.2) is 0 Å². The summed E-state index contributed by atoms with van der Waals surface area (Å²) in [5.74, 6) is 0.0327. The summed E-state index contributed by atoms with van der Waals surface area (Å²) in [6.45, 7) is 5.37. The highest BCUT2D eigenvalue weighted by atomic mass is 32.1. The van der Waals surface area contributed by atoms with E-state index in [1.807, 2.05) is 43.0 Å². The molecule has 2 aromatic rings. The molecule has 0 unspecified atom stereocenters. The molecule has 2 fully saturated rings. The van der Waals surface area contributed by atoms with Gasteiger partial charge in [-0.1, -0.05) is 28.8 Å². The second-order valence-corrected chi connectivity index (χ2v) is 7.65. The van der Waals surface area contributed by atoms with Crippen LogP contribution >= 0.6 is 11.5 Å². The van der Waals surface area contributed by atoms with Gasteiger partial charge < -0.3 is 9.64 Å². The molecule has 1 aliphatic carbocycles. The minimum atomic E-state index is -0.108. The van der Waals surface area contributed by atoms with Crippen molar-refractivity contribution in [3.05, 3.63) is 34.7 Å². The quantitative estimate of drug-likeness (QED) is 0.839. The lowest BCUT2D eigenvalue weighted by atomic mass is 9.78. The largest absolute Gasteiger partial charge is 0.371 e. The standard InChI is InChI=1S/C18H21N3O2S/c1-12-6-3-4-7-14(12)15-16(24-20-19-15)17(22)21-11-18(8-5-9-18)23-10-13(21)2/h3-4,6-7,13H,5,8-11H2,1-2H3/t13-/m0/s1. The van der Waals surface area contributed by atoms with E-state index >= 15 is 0 Å². The smallest absolute Gasteiger partial charge is 0.268 e. The third kappa shape index (κ3) is 2.54. The van der Waals surface area contributed by atoms with Crippen LogP contribution in [-0.4, -0.2) is 45.2 Å². The van der Waals surface area contributed by atoms with Crippen molar-refractivity contribution in [1.29, 1.82) is 0 Å². The highest BCUT2D eigenvalue weighted by Crippen LogP contribution is 2.40. The van der Waals surface area contributed by atoms with Gasteiger partial charge in [0, 0.05) is 5.56 Å². The molecule has 1 aliphatic heterocycles. The van der Waals surface area contributed by atoms with Crippen molar-refractivity contribution in [2.45, 2.75) is 44.8 Å². The van der Waals surface area contributed by atoms with Crippen LogP contribution in [0.5, 0.6) is 0 Å². The highest BCUT2D eigenvalue weighted by Gasteiger charge is 2.46. The van der Waals surface area contributed by atoms with Gasteiger partial charge in [-0.2, -0.15) is 0 Å². The van der Waals surface area contributed by atoms with E-state index in [2.05, 4.69) is 9.59 Å². The second kappa shape index (κ2) is 5.93. The molecule has 1 saturated carbocycles. The van der Waals surface area contributed by atoms with Crippen LogP contribution in [-0.2, 0) is 4.74 Å². The zero-order valence-electron chi connectivity index (χ0n) is 14.0. The van der Waals surface area contributed by atoms with Crippen LogP contribution in [0.4, 0.5) is 0 Å². The zero-order valence-corrected chi connectivity index (χ0v) is 14.8. The molecule has 6 heteroatoms. The summed E-state index contributed by atoms with van der Waals surface area (Å²) in [6.07, 6.45) is 3.29. The fourth-order valence-electron chi connectivity index (χ4n) is 3.52. The molecule has 24 heavy (non-hydrogen) atoms. The number of benzene rings is 1. The summed E-state index contributed by atoms with van der Waals surface area (Å²) in [5, 5.41) is 4.25. The summed E-state index contributed by atoms with van der Waals surface area (Å²) in [4.78, 5) is 15.8. The van der Waals surface area contributed by atoms with Gasteiger partial charge >= 0.3 is 0 Å². The van der Waals surface area contributed by atoms with Crippen molar-refractivity contribution in [2.75, 3.05) is 13.2 Å². The van der Waals surface area contributed by atoms with Gasteiger partial charge in [-0.05, 0) is 50.2 Å². The molecular formula is C18H21N3O2S. The molecular weight excluding hydrogens is 322 g/mol. The third-order valence-corrected chi connectivity index (χ3v) is 5.94. The minimum absolute atomic E-state index is 0.0327. The van der Waals surface area contributed by atoms with Crippen LogP contribution in [0.2, 0.25) is 0 Å². The van der Waals surface area contributed by atoms with Crippen molar-refractivity contribution in [3.63, 3.8) is 0 Å². The van der Waals surface area contributed by atoms with Crippen molar-refractivity contribution in [3.8, 4) is 11.3 Å². The first-order valence-electron chi connectivity index (χ1n) is 8.43. The van der Waals surface area contributed by atoms with Crippen LogP contribution in [0.1, 0.15) is 41.4 Å². The number of morpholine rings is 1. The van der Waals surface area contributed by atoms with Gasteiger partial charge in [0.2, 0.25) is 0 Å². The molecule has 1 spiro atoms. The molecule has 0 bridgehead atoms. The maximum Gasteiger partial charge on any atom is 0.268 e. The Hall–Kier alpha value is -1.79. The number of ether oxygens (including phenoxy) is 1. The van der Waals surface area contributed by atoms with Gasteiger partial charge in [-0.3, -0.25) is 4.79 Å². The SMILES string of the molecule is Cc1ccccc1-c1nnsc1C(=O)N1CC2(CCC2)OC[C@@H]1C. The monoisotopic (exact) mass is 343 g/mol. The molecule has 1 amide bonds. The zero-order chi connectivity index (χ0) is 16.7. The van der Waals surface area contributed by atoms with Crippen LogP contribution < -0.4 is 0 Å². The summed E-state index contributed by atoms with van der Waals surface area (Å²) < 4.78 is 10.1. The average molecular weight is 343 g/mol. The Kier molecular flexibility index (Phi) is 3.89. The first kappa shape index (κ1) is 15.7. The van der Waals surface area contributed by atoms with Crippen LogP contribution in [0.15, 0.2) is 24.3 Å². The Morgan fingerprint density at radius 2 is 2.17 bits per heavy atom. The third-order valence-electron chi connectivity index (χ3n) is 5.23. The summed E-state index contributed by atoms with van der Waals surface area (Å²) in [7, 11) is 0. The van der Waals surface area contributed by atoms with E-state index in [0.29, 0.717) is 23.7 Å². The lowest BCUT2D eigenvalue weighted by Gasteiger charge is -2.50. The molecule has 1 aromatic carbocycles. The number of aromatic nitrogens is 2. The number of carbonyl (C=O) groups is 1. The van der Waals surface area contributed by atoms with Crippen molar-refractivity contribution in [1.82, 2.24) is 14.5 Å². The van der Waals surface area contributed by atoms with Crippen molar-refractivity contribution < 1.29 is 9.53 Å². The molecule has 1 saturated heterocycles. The molecule has 5 nitrogen and oxygen atoms in total. The van der Waals surface area contributed by atoms with Crippen molar-refractivity contribution in [2.24, 2.45) is 0 Å². The summed E-state index contributed by atoms with van der Waals surface area (Å²) in [5.41, 5.74) is 2.67. The van der Waals surface area contributed by atoms with Gasteiger partial charge in [0.05, 0.1) is 24.8 Å². The number of amides is 1. The Morgan fingerprint density at radius 3 is 2.88 bits per heavy atom. The fraction of sp³-hybridized carbons (Fsp3) is 0.500. The molecule has 0 radical (unpaired) electrons. The Morgan fingerprint density at radius 1 is 1.38 bits per heavy atom. The minimum Gasteiger partial charge on any atom is -0.371 e. The number of aryl methyl sites for hydroxylation is 1. The number of carbonyl (C=O) groups excluding carboxylic acids is 1. The summed E-state index contributed by atoms with van der Waals surface area (Å²) >= 11 is 1.19. The van der Waals surface area contributed by atoms with E-state index in [1.54, 1.807) is 0 Å². The van der Waals surface area contributed by atoms with Gasteiger partial charge in [-0.25, -0.2) is 0 Å². The van der Waals surface area contributed by atoms with E-state index in [0.717, 1.165) is 24.0 Å². The Balaban J connectivity index is 1.66. The fourth-order valence-corrected chi connectivity index (χ4v) is 4.16. The maximum atomic E-state index is 13.2. The van der Waals surface area contributed by atoms with Crippen LogP contribution in [0, 0.1) is 6.92 Å². The van der Waals surface area contributed by atoms with Gasteiger partial charge in [-0.15, -0.1) is 5.10 Å². The van der Waals surface area contributed by atoms with E-state index in [9.17, 15) is 4.79 Å². The Bertz CT molecular complexity index is 769. The topological polar surface area (TPSA) is 55.3 Å². The first-order valence-corrected chi connectivity index (χ1v) is 9.20. The molecule has 1 atom stereocenters. The molecule has 1 aromatic heterocycles. The predicted octanol–water partition coefficient (Wildman–Crippen LogP) is 3.30. The number of nitrogens with zero attached hydrogens (tertiary/aromatic N) is 3. The predicted molar refractivity (Wildman–Crippen MR) is 93.1 cm³/mol. The van der Waals surface area contributed by atoms with Gasteiger partial charge in [0.1, 0.15) is 10.6 Å². The molecule has 0 N–H and O–H groups in total. The highest BCUT2D eigenvalue weighted by molar-refractivity contribution is 7.08. The molecule has 2 heterocycles. The average Bonchev–Trinajstić information content (AvgIpc) is 3.03. The van der Waals surface area contributed by atoms with Crippen molar-refractivity contribution >= 4 is 17.4 Å². The number of hydrogen-bond acceptors (Lipinski definition) is 5. The number of hydrogen-bond donors (Lipinski definition) is 0. The second-order valence-electron chi connectivity index (χ2n) is 6.90. The lowest BCUT2D eigenvalue weighted by Crippen LogP contribution is -2.60. The van der Waals surface area contributed by atoms with E-state index in [4.69, 9.17) is 4.74 Å². The number of rotatable bonds is 2. The van der Waals surface area contributed by atoms with Gasteiger partial charge in [0.25, 0.3) is 5.91 Å².